The van der Waals surface area contributed by atoms with Gasteiger partial charge in [-0.2, -0.15) is 0 Å². The van der Waals surface area contributed by atoms with Crippen LogP contribution in [0.25, 0.3) is 0 Å². The van der Waals surface area contributed by atoms with Gasteiger partial charge in [-0.3, -0.25) is 0 Å². The maximum absolute atomic E-state index is 3.76. The molecule has 0 aromatic heterocycles. The molecule has 1 atom stereocenters. The van der Waals surface area contributed by atoms with Crippen molar-refractivity contribution in [1.82, 2.24) is 0 Å². The minimum Gasteiger partial charge on any atom is -0.0804 e. The first kappa shape index (κ1) is 11.3. The highest BCUT2D eigenvalue weighted by atomic mass is 14.3. The second-order valence-corrected chi connectivity index (χ2v) is 5.79. The average Bonchev–Trinajstić information content (AvgIpc) is 2.94. The third kappa shape index (κ3) is 2.41. The van der Waals surface area contributed by atoms with Crippen LogP contribution in [0.2, 0.25) is 0 Å². The van der Waals surface area contributed by atoms with Crippen LogP contribution in [0.5, 0.6) is 0 Å². The van der Waals surface area contributed by atoms with E-state index in [2.05, 4.69) is 24.3 Å². The van der Waals surface area contributed by atoms with E-state index in [1.807, 2.05) is 0 Å². The lowest BCUT2D eigenvalue weighted by Crippen LogP contribution is -2.20. The van der Waals surface area contributed by atoms with Gasteiger partial charge in [0, 0.05) is 5.92 Å². The Morgan fingerprint density at radius 3 is 2.65 bits per heavy atom. The number of rotatable bonds is 2. The fourth-order valence-corrected chi connectivity index (χ4v) is 3.77. The monoisotopic (exact) mass is 227 g/mol. The lowest BCUT2D eigenvalue weighted by molar-refractivity contribution is 0.362. The second-order valence-electron chi connectivity index (χ2n) is 5.79. The zero-order valence-corrected chi connectivity index (χ0v) is 10.8. The van der Waals surface area contributed by atoms with Crippen LogP contribution in [0, 0.1) is 17.9 Å². The summed E-state index contributed by atoms with van der Waals surface area (Å²) < 4.78 is 0. The first-order valence-corrected chi connectivity index (χ1v) is 7.41. The molecule has 0 spiro atoms. The van der Waals surface area contributed by atoms with Crippen LogP contribution in [-0.2, 0) is 0 Å². The highest BCUT2D eigenvalue weighted by Gasteiger charge is 2.28. The Balaban J connectivity index is 1.77. The Labute approximate surface area is 105 Å². The van der Waals surface area contributed by atoms with Crippen molar-refractivity contribution in [2.75, 3.05) is 0 Å². The number of allylic oxidation sites excluding steroid dienone is 6. The minimum absolute atomic E-state index is 0.752. The molecule has 0 N–H and O–H groups in total. The summed E-state index contributed by atoms with van der Waals surface area (Å²) in [5, 5.41) is 0. The van der Waals surface area contributed by atoms with Crippen LogP contribution in [-0.4, -0.2) is 0 Å². The van der Waals surface area contributed by atoms with Gasteiger partial charge in [0.15, 0.2) is 0 Å². The predicted molar refractivity (Wildman–Crippen MR) is 72.5 cm³/mol. The molecule has 1 unspecified atom stereocenters. The molecule has 3 aliphatic rings. The molecule has 0 heteroatoms. The predicted octanol–water partition coefficient (Wildman–Crippen LogP) is 4.98. The number of hydrogen-bond acceptors (Lipinski definition) is 0. The van der Waals surface area contributed by atoms with Crippen LogP contribution in [0.1, 0.15) is 57.8 Å². The van der Waals surface area contributed by atoms with Crippen molar-refractivity contribution in [2.24, 2.45) is 11.8 Å². The molecular weight excluding hydrogens is 204 g/mol. The van der Waals surface area contributed by atoms with Crippen molar-refractivity contribution >= 4 is 0 Å². The summed E-state index contributed by atoms with van der Waals surface area (Å²) in [5.74, 6) is 1.62. The zero-order valence-electron chi connectivity index (χ0n) is 10.8. The van der Waals surface area contributed by atoms with Gasteiger partial charge in [-0.05, 0) is 50.5 Å². The van der Waals surface area contributed by atoms with Crippen molar-refractivity contribution in [3.8, 4) is 0 Å². The molecule has 0 bridgehead atoms. The van der Waals surface area contributed by atoms with E-state index in [0.29, 0.717) is 0 Å². The summed E-state index contributed by atoms with van der Waals surface area (Å²) in [6.45, 7) is 0. The van der Waals surface area contributed by atoms with E-state index in [0.717, 1.165) is 11.8 Å². The molecule has 0 saturated heterocycles. The summed E-state index contributed by atoms with van der Waals surface area (Å²) in [7, 11) is 0. The Bertz CT molecular complexity index is 350. The van der Waals surface area contributed by atoms with Crippen LogP contribution in [0.15, 0.2) is 29.4 Å². The highest BCUT2D eigenvalue weighted by Crippen LogP contribution is 2.42. The van der Waals surface area contributed by atoms with Gasteiger partial charge in [-0.25, -0.2) is 0 Å². The summed E-state index contributed by atoms with van der Waals surface area (Å²) in [6, 6.07) is 0. The Morgan fingerprint density at radius 2 is 1.88 bits per heavy atom. The van der Waals surface area contributed by atoms with Crippen LogP contribution >= 0.6 is 0 Å². The van der Waals surface area contributed by atoms with E-state index >= 15 is 0 Å². The van der Waals surface area contributed by atoms with Gasteiger partial charge in [0.25, 0.3) is 0 Å². The molecular formula is C17H23. The average molecular weight is 227 g/mol. The van der Waals surface area contributed by atoms with E-state index in [9.17, 15) is 0 Å². The first-order chi connectivity index (χ1) is 8.45. The molecule has 1 fully saturated rings. The normalized spacial score (nSPS) is 30.2. The Kier molecular flexibility index (Phi) is 3.49. The molecule has 3 rings (SSSR count). The Hall–Kier alpha value is -0.780. The van der Waals surface area contributed by atoms with Gasteiger partial charge >= 0.3 is 0 Å². The summed E-state index contributed by atoms with van der Waals surface area (Å²) in [5.41, 5.74) is 3.36. The summed E-state index contributed by atoms with van der Waals surface area (Å²) in [6.07, 6.45) is 23.0. The fraction of sp³-hybridized carbons (Fsp3) is 0.647. The van der Waals surface area contributed by atoms with Gasteiger partial charge in [0.2, 0.25) is 0 Å². The zero-order chi connectivity index (χ0) is 11.5. The maximum atomic E-state index is 3.76. The molecule has 17 heavy (non-hydrogen) atoms. The lowest BCUT2D eigenvalue weighted by Gasteiger charge is -2.33. The standard InChI is InChI=1S/C17H23/c1-2-8-14(9-3-1)16-12-6-7-13-17(16)15-10-4-5-11-15/h4-5,10,14,17H,1-3,6-9,11,13H2. The largest absolute Gasteiger partial charge is 0.0804 e. The summed E-state index contributed by atoms with van der Waals surface area (Å²) >= 11 is 0. The number of hydrogen-bond donors (Lipinski definition) is 0. The smallest absolute Gasteiger partial charge is 0.00220 e. The van der Waals surface area contributed by atoms with Crippen molar-refractivity contribution in [2.45, 2.75) is 57.8 Å². The maximum Gasteiger partial charge on any atom is 0.00220 e. The lowest BCUT2D eigenvalue weighted by atomic mass is 9.72. The van der Waals surface area contributed by atoms with Crippen LogP contribution < -0.4 is 0 Å². The van der Waals surface area contributed by atoms with Gasteiger partial charge in [0.1, 0.15) is 0 Å². The SMILES string of the molecule is [C]1=C(C2CCCCC2)C(C2=CC=CC2)CCC1. The van der Waals surface area contributed by atoms with Crippen LogP contribution in [0.3, 0.4) is 0 Å². The van der Waals surface area contributed by atoms with Crippen molar-refractivity contribution in [3.63, 3.8) is 0 Å². The topological polar surface area (TPSA) is 0 Å². The van der Waals surface area contributed by atoms with Gasteiger partial charge in [0.05, 0.1) is 0 Å². The van der Waals surface area contributed by atoms with Crippen molar-refractivity contribution in [3.05, 3.63) is 35.5 Å². The van der Waals surface area contributed by atoms with E-state index in [1.54, 1.807) is 11.1 Å². The Morgan fingerprint density at radius 1 is 1.00 bits per heavy atom. The van der Waals surface area contributed by atoms with Crippen molar-refractivity contribution < 1.29 is 0 Å². The minimum atomic E-state index is 0.752. The van der Waals surface area contributed by atoms with Gasteiger partial charge in [-0.15, -0.1) is 0 Å². The third-order valence-electron chi connectivity index (χ3n) is 4.67. The van der Waals surface area contributed by atoms with E-state index in [1.165, 1.54) is 57.8 Å². The molecule has 0 aromatic carbocycles. The third-order valence-corrected chi connectivity index (χ3v) is 4.67. The highest BCUT2D eigenvalue weighted by molar-refractivity contribution is 5.32. The molecule has 91 valence electrons. The van der Waals surface area contributed by atoms with E-state index in [4.69, 9.17) is 0 Å². The molecule has 3 aliphatic carbocycles. The second kappa shape index (κ2) is 5.25. The molecule has 0 heterocycles. The van der Waals surface area contributed by atoms with Gasteiger partial charge in [-0.1, -0.05) is 48.6 Å². The molecule has 0 amide bonds. The fourth-order valence-electron chi connectivity index (χ4n) is 3.77. The molecule has 0 nitrogen and oxygen atoms in total. The molecule has 0 aliphatic heterocycles. The van der Waals surface area contributed by atoms with E-state index < -0.39 is 0 Å². The first-order valence-electron chi connectivity index (χ1n) is 7.41. The molecule has 1 saturated carbocycles. The van der Waals surface area contributed by atoms with Gasteiger partial charge < -0.3 is 0 Å². The van der Waals surface area contributed by atoms with E-state index in [-0.39, 0.29) is 0 Å². The molecule has 0 aromatic rings. The van der Waals surface area contributed by atoms with Crippen LogP contribution in [0.4, 0.5) is 0 Å². The quantitative estimate of drug-likeness (QED) is 0.624. The van der Waals surface area contributed by atoms with Crippen molar-refractivity contribution in [1.29, 1.82) is 0 Å². The summed E-state index contributed by atoms with van der Waals surface area (Å²) in [4.78, 5) is 0. The molecule has 1 radical (unpaired) electrons.